The third-order valence-corrected chi connectivity index (χ3v) is 4.68. The van der Waals surface area contributed by atoms with Gasteiger partial charge in [0.25, 0.3) is 0 Å². The highest BCUT2D eigenvalue weighted by atomic mass is 16.6. The zero-order valence-electron chi connectivity index (χ0n) is 18.2. The number of rotatable bonds is 8. The van der Waals surface area contributed by atoms with E-state index >= 15 is 0 Å². The quantitative estimate of drug-likeness (QED) is 0.574. The maximum absolute atomic E-state index is 12.3. The molecule has 164 valence electrons. The number of nitrogens with one attached hydrogen (secondary N) is 1. The second kappa shape index (κ2) is 9.46. The fraction of sp³-hybridized carbons (Fsp3) is 0.364. The van der Waals surface area contributed by atoms with Crippen molar-refractivity contribution >= 4 is 23.5 Å². The Bertz CT molecular complexity index is 1060. The molecule has 9 heteroatoms. The van der Waals surface area contributed by atoms with Gasteiger partial charge in [0.05, 0.1) is 18.0 Å². The summed E-state index contributed by atoms with van der Waals surface area (Å²) in [6.45, 7) is 8.56. The van der Waals surface area contributed by atoms with Gasteiger partial charge >= 0.3 is 6.09 Å². The smallest absolute Gasteiger partial charge is 0.410 e. The monoisotopic (exact) mass is 424 g/mol. The van der Waals surface area contributed by atoms with E-state index in [9.17, 15) is 9.59 Å². The number of ether oxygens (including phenoxy) is 1. The van der Waals surface area contributed by atoms with Crippen molar-refractivity contribution < 1.29 is 14.3 Å². The van der Waals surface area contributed by atoms with Gasteiger partial charge in [-0.25, -0.2) is 14.3 Å². The average molecular weight is 425 g/mol. The van der Waals surface area contributed by atoms with E-state index in [1.165, 1.54) is 0 Å². The van der Waals surface area contributed by atoms with Crippen molar-refractivity contribution in [3.8, 4) is 11.3 Å². The van der Waals surface area contributed by atoms with Crippen LogP contribution >= 0.6 is 0 Å². The van der Waals surface area contributed by atoms with Crippen LogP contribution in [0.15, 0.2) is 42.6 Å². The molecular formula is C22H28N6O3. The third kappa shape index (κ3) is 5.30. The Kier molecular flexibility index (Phi) is 6.74. The lowest BCUT2D eigenvalue weighted by molar-refractivity contribution is 0.0692. The van der Waals surface area contributed by atoms with Crippen LogP contribution in [-0.4, -0.2) is 56.7 Å². The van der Waals surface area contributed by atoms with E-state index in [1.54, 1.807) is 27.7 Å². The molecule has 3 aromatic rings. The molecular weight excluding hydrogens is 396 g/mol. The lowest BCUT2D eigenvalue weighted by Gasteiger charge is -2.27. The van der Waals surface area contributed by atoms with Crippen LogP contribution in [0.3, 0.4) is 0 Å². The van der Waals surface area contributed by atoms with Gasteiger partial charge in [0.1, 0.15) is 5.82 Å². The number of carbonyl (C=O) groups excluding carboxylic acids is 2. The van der Waals surface area contributed by atoms with E-state index in [0.717, 1.165) is 11.3 Å². The number of primary amides is 1. The third-order valence-electron chi connectivity index (χ3n) is 4.68. The second-order valence-corrected chi connectivity index (χ2v) is 7.72. The van der Waals surface area contributed by atoms with Gasteiger partial charge in [-0.05, 0) is 52.0 Å². The van der Waals surface area contributed by atoms with E-state index < -0.39 is 5.91 Å². The van der Waals surface area contributed by atoms with E-state index in [2.05, 4.69) is 15.4 Å². The Balaban J connectivity index is 1.73. The molecule has 0 saturated heterocycles. The minimum atomic E-state index is -0.470. The first-order valence-electron chi connectivity index (χ1n) is 10.2. The van der Waals surface area contributed by atoms with Crippen molar-refractivity contribution in [2.75, 3.05) is 18.4 Å². The number of amides is 2. The summed E-state index contributed by atoms with van der Waals surface area (Å²) >= 11 is 0. The first kappa shape index (κ1) is 22.1. The van der Waals surface area contributed by atoms with Crippen molar-refractivity contribution in [3.63, 3.8) is 0 Å². The van der Waals surface area contributed by atoms with Gasteiger partial charge in [0.15, 0.2) is 5.65 Å². The highest BCUT2D eigenvalue weighted by Crippen LogP contribution is 2.21. The number of hydrogen-bond acceptors (Lipinski definition) is 6. The number of fused-ring (bicyclic) bond motifs is 1. The number of benzene rings is 1. The number of anilines is 1. The molecule has 2 aromatic heterocycles. The molecule has 0 aliphatic rings. The summed E-state index contributed by atoms with van der Waals surface area (Å²) in [5.41, 5.74) is 8.11. The topological polar surface area (TPSA) is 115 Å². The van der Waals surface area contributed by atoms with Crippen molar-refractivity contribution in [2.24, 2.45) is 5.73 Å². The maximum atomic E-state index is 12.3. The van der Waals surface area contributed by atoms with Gasteiger partial charge in [-0.2, -0.15) is 0 Å². The summed E-state index contributed by atoms with van der Waals surface area (Å²) in [5.74, 6) is 0.184. The molecule has 0 bridgehead atoms. The van der Waals surface area contributed by atoms with Crippen molar-refractivity contribution in [3.05, 3.63) is 48.2 Å². The molecule has 0 spiro atoms. The predicted molar refractivity (Wildman–Crippen MR) is 119 cm³/mol. The fourth-order valence-corrected chi connectivity index (χ4v) is 3.10. The Morgan fingerprint density at radius 2 is 1.84 bits per heavy atom. The molecule has 0 aliphatic carbocycles. The van der Waals surface area contributed by atoms with Gasteiger partial charge < -0.3 is 20.7 Å². The lowest BCUT2D eigenvalue weighted by Crippen LogP contribution is -2.41. The Hall–Kier alpha value is -3.62. The molecule has 0 radical (unpaired) electrons. The predicted octanol–water partition coefficient (Wildman–Crippen LogP) is 3.16. The second-order valence-electron chi connectivity index (χ2n) is 7.72. The zero-order valence-corrected chi connectivity index (χ0v) is 18.2. The molecule has 31 heavy (non-hydrogen) atoms. The van der Waals surface area contributed by atoms with Crippen LogP contribution in [0, 0.1) is 0 Å². The summed E-state index contributed by atoms with van der Waals surface area (Å²) in [4.78, 5) is 29.6. The van der Waals surface area contributed by atoms with E-state index in [-0.39, 0.29) is 18.2 Å². The van der Waals surface area contributed by atoms with E-state index in [1.807, 2.05) is 52.0 Å². The van der Waals surface area contributed by atoms with Crippen LogP contribution in [0.2, 0.25) is 0 Å². The molecule has 0 saturated carbocycles. The van der Waals surface area contributed by atoms with Crippen molar-refractivity contribution in [1.29, 1.82) is 0 Å². The number of aromatic nitrogens is 3. The van der Waals surface area contributed by atoms with Crippen LogP contribution in [0.4, 0.5) is 10.6 Å². The Labute approximate surface area is 181 Å². The molecule has 1 aromatic carbocycles. The molecule has 2 amide bonds. The first-order valence-corrected chi connectivity index (χ1v) is 10.2. The highest BCUT2D eigenvalue weighted by Gasteiger charge is 2.19. The van der Waals surface area contributed by atoms with Crippen LogP contribution in [0.25, 0.3) is 16.9 Å². The SMILES string of the molecule is CC(C)OC(=O)N(CCNc1ccc2ncc(-c3ccc(C(N)=O)cc3)n2n1)C(C)C. The Morgan fingerprint density at radius 3 is 2.45 bits per heavy atom. The number of hydrogen-bond donors (Lipinski definition) is 2. The van der Waals surface area contributed by atoms with Crippen molar-refractivity contribution in [1.82, 2.24) is 19.5 Å². The maximum Gasteiger partial charge on any atom is 0.410 e. The Morgan fingerprint density at radius 1 is 1.13 bits per heavy atom. The molecule has 9 nitrogen and oxygen atoms in total. The highest BCUT2D eigenvalue weighted by molar-refractivity contribution is 5.93. The molecule has 0 fully saturated rings. The summed E-state index contributed by atoms with van der Waals surface area (Å²) in [6.07, 6.45) is 1.24. The lowest BCUT2D eigenvalue weighted by atomic mass is 10.1. The first-order chi connectivity index (χ1) is 14.8. The van der Waals surface area contributed by atoms with Crippen LogP contribution in [-0.2, 0) is 4.74 Å². The number of nitrogens with two attached hydrogens (primary N) is 1. The standard InChI is InChI=1S/C22H28N6O3/c1-14(2)27(22(30)31-15(3)4)12-11-24-19-9-10-20-25-13-18(28(20)26-19)16-5-7-17(8-6-16)21(23)29/h5-10,13-15H,11-12H2,1-4H3,(H2,23,29)(H,24,26). The molecule has 0 unspecified atom stereocenters. The van der Waals surface area contributed by atoms with Gasteiger partial charge in [-0.1, -0.05) is 12.1 Å². The average Bonchev–Trinajstić information content (AvgIpc) is 3.13. The van der Waals surface area contributed by atoms with Gasteiger partial charge in [-0.3, -0.25) is 4.79 Å². The minimum Gasteiger partial charge on any atom is -0.447 e. The van der Waals surface area contributed by atoms with Crippen LogP contribution < -0.4 is 11.1 Å². The van der Waals surface area contributed by atoms with E-state index in [0.29, 0.717) is 30.1 Å². The summed E-state index contributed by atoms with van der Waals surface area (Å²) in [5, 5.41) is 7.87. The molecule has 2 heterocycles. The van der Waals surface area contributed by atoms with Gasteiger partial charge in [0, 0.05) is 30.3 Å². The molecule has 3 rings (SSSR count). The van der Waals surface area contributed by atoms with Gasteiger partial charge in [-0.15, -0.1) is 5.10 Å². The summed E-state index contributed by atoms with van der Waals surface area (Å²) < 4.78 is 7.04. The number of nitrogens with zero attached hydrogens (tertiary/aromatic N) is 4. The number of imidazole rings is 1. The summed E-state index contributed by atoms with van der Waals surface area (Å²) in [6, 6.07) is 10.7. The zero-order chi connectivity index (χ0) is 22.5. The normalized spacial score (nSPS) is 11.2. The molecule has 3 N–H and O–H groups in total. The van der Waals surface area contributed by atoms with Crippen LogP contribution in [0.5, 0.6) is 0 Å². The van der Waals surface area contributed by atoms with Gasteiger partial charge in [0.2, 0.25) is 5.91 Å². The van der Waals surface area contributed by atoms with Crippen molar-refractivity contribution in [2.45, 2.75) is 39.8 Å². The van der Waals surface area contributed by atoms with Crippen LogP contribution in [0.1, 0.15) is 38.1 Å². The molecule has 0 atom stereocenters. The minimum absolute atomic E-state index is 0.0205. The fourth-order valence-electron chi connectivity index (χ4n) is 3.10. The summed E-state index contributed by atoms with van der Waals surface area (Å²) in [7, 11) is 0. The largest absolute Gasteiger partial charge is 0.447 e. The molecule has 0 aliphatic heterocycles. The van der Waals surface area contributed by atoms with E-state index in [4.69, 9.17) is 10.5 Å². The number of carbonyl (C=O) groups is 2.